The summed E-state index contributed by atoms with van der Waals surface area (Å²) in [7, 11) is -4.05. The normalized spacial score (nSPS) is 16.0. The van der Waals surface area contributed by atoms with E-state index >= 15 is 0 Å². The molecule has 1 atom stereocenters. The van der Waals surface area contributed by atoms with Gasteiger partial charge in [-0.2, -0.15) is 13.2 Å². The lowest BCUT2D eigenvalue weighted by Gasteiger charge is -2.26. The van der Waals surface area contributed by atoms with E-state index in [-0.39, 0.29) is 9.92 Å². The lowest BCUT2D eigenvalue weighted by molar-refractivity contribution is -0.137. The highest BCUT2D eigenvalue weighted by Crippen LogP contribution is 2.43. The summed E-state index contributed by atoms with van der Waals surface area (Å²) in [5.41, 5.74) is -1.32. The molecule has 0 aliphatic carbocycles. The first-order valence-corrected chi connectivity index (χ1v) is 10.6. The molecular formula is C20H14ClF3N2O3S. The third-order valence-electron chi connectivity index (χ3n) is 4.89. The van der Waals surface area contributed by atoms with Crippen LogP contribution in [-0.4, -0.2) is 20.4 Å². The van der Waals surface area contributed by atoms with Crippen molar-refractivity contribution in [2.24, 2.45) is 0 Å². The molecule has 0 saturated heterocycles. The quantitative estimate of drug-likeness (QED) is 0.602. The van der Waals surface area contributed by atoms with E-state index in [9.17, 15) is 26.4 Å². The molecule has 0 aromatic heterocycles. The summed E-state index contributed by atoms with van der Waals surface area (Å²) >= 11 is 5.66. The molecular weight excluding hydrogens is 441 g/mol. The SMILES string of the molecule is C[C@H](C(=O)Nc1ccc(Cl)cc1C(F)(F)F)N1c2cccc3cccc(c23)S1(=O)=O. The van der Waals surface area contributed by atoms with Crippen LogP contribution in [0.5, 0.6) is 0 Å². The van der Waals surface area contributed by atoms with Crippen LogP contribution in [0.25, 0.3) is 10.8 Å². The standard InChI is InChI=1S/C20H14ClF3N2O3S/c1-11(19(27)25-15-9-8-13(21)10-14(15)20(22,23)24)26-16-6-2-4-12-5-3-7-17(18(12)16)30(26,28)29/h2-11H,1H3,(H,25,27)/t11-/m1/s1. The van der Waals surface area contributed by atoms with Gasteiger partial charge in [0.15, 0.2) is 0 Å². The molecule has 0 saturated carbocycles. The summed E-state index contributed by atoms with van der Waals surface area (Å²) in [6.45, 7) is 1.32. The smallest absolute Gasteiger partial charge is 0.324 e. The first-order valence-electron chi connectivity index (χ1n) is 8.75. The van der Waals surface area contributed by atoms with Crippen LogP contribution in [0.15, 0.2) is 59.5 Å². The Hall–Kier alpha value is -2.78. The predicted molar refractivity (Wildman–Crippen MR) is 108 cm³/mol. The van der Waals surface area contributed by atoms with Gasteiger partial charge in [0.25, 0.3) is 10.0 Å². The molecule has 0 radical (unpaired) electrons. The second kappa shape index (κ2) is 6.88. The van der Waals surface area contributed by atoms with Crippen LogP contribution in [0, 0.1) is 0 Å². The second-order valence-electron chi connectivity index (χ2n) is 6.79. The highest BCUT2D eigenvalue weighted by atomic mass is 35.5. The number of hydrogen-bond acceptors (Lipinski definition) is 3. The maximum Gasteiger partial charge on any atom is 0.418 e. The molecule has 1 aliphatic rings. The molecule has 0 unspecified atom stereocenters. The number of halogens is 4. The second-order valence-corrected chi connectivity index (χ2v) is 9.00. The molecule has 1 heterocycles. The molecule has 10 heteroatoms. The number of carbonyl (C=O) groups is 1. The van der Waals surface area contributed by atoms with Crippen molar-refractivity contribution in [3.63, 3.8) is 0 Å². The Kier molecular flexibility index (Phi) is 4.70. The van der Waals surface area contributed by atoms with E-state index in [1.165, 1.54) is 19.1 Å². The largest absolute Gasteiger partial charge is 0.418 e. The van der Waals surface area contributed by atoms with Crippen LogP contribution in [0.4, 0.5) is 24.5 Å². The zero-order valence-corrected chi connectivity index (χ0v) is 16.9. The van der Waals surface area contributed by atoms with Crippen LogP contribution in [-0.2, 0) is 21.0 Å². The number of alkyl halides is 3. The number of sulfonamides is 1. The molecule has 3 aromatic rings. The zero-order chi connectivity index (χ0) is 21.8. The van der Waals surface area contributed by atoms with E-state index in [1.807, 2.05) is 0 Å². The molecule has 156 valence electrons. The summed E-state index contributed by atoms with van der Waals surface area (Å²) < 4.78 is 67.1. The number of benzene rings is 3. The van der Waals surface area contributed by atoms with Gasteiger partial charge in [0.05, 0.1) is 21.8 Å². The van der Waals surface area contributed by atoms with Crippen LogP contribution < -0.4 is 9.62 Å². The minimum Gasteiger partial charge on any atom is -0.324 e. The summed E-state index contributed by atoms with van der Waals surface area (Å²) in [6.07, 6.45) is -4.75. The Morgan fingerprint density at radius 1 is 1.10 bits per heavy atom. The number of nitrogens with zero attached hydrogens (tertiary/aromatic N) is 1. The molecule has 1 amide bonds. The summed E-state index contributed by atoms with van der Waals surface area (Å²) in [5, 5.41) is 3.21. The molecule has 3 aromatic carbocycles. The Balaban J connectivity index is 1.73. The van der Waals surface area contributed by atoms with Gasteiger partial charge in [0.2, 0.25) is 5.91 Å². The van der Waals surface area contributed by atoms with E-state index in [4.69, 9.17) is 11.6 Å². The van der Waals surface area contributed by atoms with Gasteiger partial charge in [-0.15, -0.1) is 0 Å². The van der Waals surface area contributed by atoms with Gasteiger partial charge in [0, 0.05) is 10.4 Å². The van der Waals surface area contributed by atoms with Crippen molar-refractivity contribution in [1.29, 1.82) is 0 Å². The first kappa shape index (κ1) is 20.5. The molecule has 30 heavy (non-hydrogen) atoms. The number of anilines is 2. The zero-order valence-electron chi connectivity index (χ0n) is 15.4. The van der Waals surface area contributed by atoms with E-state index < -0.39 is 39.4 Å². The van der Waals surface area contributed by atoms with Gasteiger partial charge in [-0.05, 0) is 42.6 Å². The van der Waals surface area contributed by atoms with Crippen molar-refractivity contribution in [3.8, 4) is 0 Å². The third kappa shape index (κ3) is 3.18. The van der Waals surface area contributed by atoms with Gasteiger partial charge in [0.1, 0.15) is 6.04 Å². The molecule has 0 fully saturated rings. The number of amides is 1. The lowest BCUT2D eigenvalue weighted by Crippen LogP contribution is -2.44. The predicted octanol–water partition coefficient (Wildman–Crippen LogP) is 5.05. The fraction of sp³-hybridized carbons (Fsp3) is 0.150. The number of rotatable bonds is 3. The topological polar surface area (TPSA) is 66.5 Å². The Labute approximate surface area is 175 Å². The Morgan fingerprint density at radius 2 is 1.77 bits per heavy atom. The maximum absolute atomic E-state index is 13.3. The number of hydrogen-bond donors (Lipinski definition) is 1. The van der Waals surface area contributed by atoms with E-state index in [0.29, 0.717) is 22.5 Å². The maximum atomic E-state index is 13.3. The van der Waals surface area contributed by atoms with Crippen LogP contribution >= 0.6 is 11.6 Å². The highest BCUT2D eigenvalue weighted by Gasteiger charge is 2.41. The molecule has 1 N–H and O–H groups in total. The van der Waals surface area contributed by atoms with Gasteiger partial charge >= 0.3 is 6.18 Å². The van der Waals surface area contributed by atoms with Crippen molar-refractivity contribution in [1.82, 2.24) is 0 Å². The van der Waals surface area contributed by atoms with Gasteiger partial charge in [-0.1, -0.05) is 35.9 Å². The fourth-order valence-electron chi connectivity index (χ4n) is 3.54. The number of carbonyl (C=O) groups excluding carboxylic acids is 1. The molecule has 4 rings (SSSR count). The van der Waals surface area contributed by atoms with Crippen molar-refractivity contribution in [2.45, 2.75) is 24.0 Å². The molecule has 5 nitrogen and oxygen atoms in total. The number of nitrogens with one attached hydrogen (secondary N) is 1. The van der Waals surface area contributed by atoms with Gasteiger partial charge in [-0.3, -0.25) is 9.10 Å². The van der Waals surface area contributed by atoms with E-state index in [2.05, 4.69) is 5.32 Å². The van der Waals surface area contributed by atoms with Crippen LogP contribution in [0.1, 0.15) is 12.5 Å². The van der Waals surface area contributed by atoms with E-state index in [1.54, 1.807) is 30.3 Å². The average molecular weight is 455 g/mol. The van der Waals surface area contributed by atoms with Gasteiger partial charge in [-0.25, -0.2) is 8.42 Å². The van der Waals surface area contributed by atoms with Crippen LogP contribution in [0.3, 0.4) is 0 Å². The first-order chi connectivity index (χ1) is 14.0. The van der Waals surface area contributed by atoms with E-state index in [0.717, 1.165) is 10.4 Å². The van der Waals surface area contributed by atoms with Crippen molar-refractivity contribution in [3.05, 3.63) is 65.2 Å². The van der Waals surface area contributed by atoms with Crippen molar-refractivity contribution in [2.75, 3.05) is 9.62 Å². The molecule has 0 spiro atoms. The van der Waals surface area contributed by atoms with Crippen LogP contribution in [0.2, 0.25) is 5.02 Å². The minimum atomic E-state index is -4.75. The monoisotopic (exact) mass is 454 g/mol. The van der Waals surface area contributed by atoms with Crippen molar-refractivity contribution < 1.29 is 26.4 Å². The summed E-state index contributed by atoms with van der Waals surface area (Å²) in [4.78, 5) is 12.9. The average Bonchev–Trinajstić information content (AvgIpc) is 2.90. The third-order valence-corrected chi connectivity index (χ3v) is 7.06. The Bertz CT molecular complexity index is 1290. The molecule has 0 bridgehead atoms. The fourth-order valence-corrected chi connectivity index (χ4v) is 5.58. The van der Waals surface area contributed by atoms with Crippen molar-refractivity contribution >= 4 is 49.7 Å². The lowest BCUT2D eigenvalue weighted by atomic mass is 10.1. The minimum absolute atomic E-state index is 0.0534. The summed E-state index contributed by atoms with van der Waals surface area (Å²) in [5.74, 6) is -0.906. The Morgan fingerprint density at radius 3 is 2.43 bits per heavy atom. The van der Waals surface area contributed by atoms with Gasteiger partial charge < -0.3 is 5.32 Å². The molecule has 1 aliphatic heterocycles. The summed E-state index contributed by atoms with van der Waals surface area (Å²) in [6, 6.07) is 11.4. The highest BCUT2D eigenvalue weighted by molar-refractivity contribution is 7.93.